The normalized spacial score (nSPS) is 12.2. The highest BCUT2D eigenvalue weighted by atomic mass is 15.2. The van der Waals surface area contributed by atoms with Gasteiger partial charge in [-0.25, -0.2) is 9.98 Å². The minimum Gasteiger partial charge on any atom is -0.321 e. The van der Waals surface area contributed by atoms with Gasteiger partial charge in [-0.3, -0.25) is 4.57 Å². The summed E-state index contributed by atoms with van der Waals surface area (Å²) in [6.07, 6.45) is 8.00. The van der Waals surface area contributed by atoms with E-state index in [-0.39, 0.29) is 0 Å². The average molecular weight is 837 g/mol. The van der Waals surface area contributed by atoms with Crippen LogP contribution in [0.2, 0.25) is 0 Å². The number of nitrogens with zero attached hydrogens (tertiary/aromatic N) is 4. The predicted octanol–water partition coefficient (Wildman–Crippen LogP) is 15.1. The van der Waals surface area contributed by atoms with Crippen molar-refractivity contribution in [3.8, 4) is 57.9 Å². The van der Waals surface area contributed by atoms with Gasteiger partial charge in [-0.15, -0.1) is 12.8 Å². The standard InChI is InChI=1S/C59H46N4.C2H2/c1-41-20-16-18-30-53(41)59-61-55(48-23-10-5-11-24-48)57(50-27-14-7-15-28-50)63(59)43(3)45-32-34-46(35-33-45)47-36-38-51(39-37-47)58-60-54-31-19-17-29-52(54)40-62(58)56(49-25-12-6-13-26-49)42(2)44-21-8-4-9-22-44;1-2/h4-39H,3,40H2,1-2H3;1-2H/b56-42+;. The molecule has 0 atom stereocenters. The Labute approximate surface area is 382 Å². The molecule has 1 aromatic heterocycles. The number of imidazole rings is 1. The van der Waals surface area contributed by atoms with Crippen molar-refractivity contribution >= 4 is 28.5 Å². The minimum absolute atomic E-state index is 0.706. The highest BCUT2D eigenvalue weighted by Crippen LogP contribution is 2.41. The molecule has 10 rings (SSSR count). The fourth-order valence-electron chi connectivity index (χ4n) is 8.72. The lowest BCUT2D eigenvalue weighted by atomic mass is 9.96. The molecule has 0 unspecified atom stereocenters. The van der Waals surface area contributed by atoms with Crippen molar-refractivity contribution in [1.82, 2.24) is 14.5 Å². The average Bonchev–Trinajstić information content (AvgIpc) is 3.78. The van der Waals surface area contributed by atoms with Gasteiger partial charge in [0, 0.05) is 28.0 Å². The fraction of sp³-hybridized carbons (Fsp3) is 0.0492. The summed E-state index contributed by atoms with van der Waals surface area (Å²) in [7, 11) is 0. The summed E-state index contributed by atoms with van der Waals surface area (Å²) in [6.45, 7) is 9.83. The quantitative estimate of drug-likeness (QED) is 0.102. The third-order valence-electron chi connectivity index (χ3n) is 12.0. The third kappa shape index (κ3) is 8.40. The number of aliphatic imine (C=N–C) groups is 1. The maximum absolute atomic E-state index is 5.40. The summed E-state index contributed by atoms with van der Waals surface area (Å²) < 4.78 is 2.25. The number of benzene rings is 8. The largest absolute Gasteiger partial charge is 0.321 e. The summed E-state index contributed by atoms with van der Waals surface area (Å²) in [6, 6.07) is 76.8. The highest BCUT2D eigenvalue weighted by molar-refractivity contribution is 6.09. The van der Waals surface area contributed by atoms with Crippen molar-refractivity contribution in [3.05, 3.63) is 258 Å². The summed E-state index contributed by atoms with van der Waals surface area (Å²) in [5.74, 6) is 1.79. The topological polar surface area (TPSA) is 33.4 Å². The van der Waals surface area contributed by atoms with E-state index >= 15 is 0 Å². The zero-order valence-corrected chi connectivity index (χ0v) is 36.6. The van der Waals surface area contributed by atoms with Crippen LogP contribution in [0.15, 0.2) is 230 Å². The first-order chi connectivity index (χ1) is 32.0. The van der Waals surface area contributed by atoms with E-state index < -0.39 is 0 Å². The van der Waals surface area contributed by atoms with Crippen LogP contribution in [0.5, 0.6) is 0 Å². The lowest BCUT2D eigenvalue weighted by molar-refractivity contribution is 0.570. The second kappa shape index (κ2) is 18.8. The van der Waals surface area contributed by atoms with Gasteiger partial charge in [0.05, 0.1) is 29.3 Å². The van der Waals surface area contributed by atoms with Crippen molar-refractivity contribution in [1.29, 1.82) is 0 Å². The molecule has 1 aliphatic rings. The first kappa shape index (κ1) is 41.8. The monoisotopic (exact) mass is 836 g/mol. The van der Waals surface area contributed by atoms with E-state index in [1.807, 2.05) is 6.07 Å². The molecule has 0 fully saturated rings. The Balaban J connectivity index is 0.00000263. The highest BCUT2D eigenvalue weighted by Gasteiger charge is 2.28. The second-order valence-corrected chi connectivity index (χ2v) is 16.0. The molecule has 0 amide bonds. The molecule has 65 heavy (non-hydrogen) atoms. The Morgan fingerprint density at radius 2 is 1.02 bits per heavy atom. The molecule has 8 aromatic carbocycles. The van der Waals surface area contributed by atoms with Gasteiger partial charge in [0.25, 0.3) is 0 Å². The minimum atomic E-state index is 0.706. The fourth-order valence-corrected chi connectivity index (χ4v) is 8.72. The number of hydrogen-bond donors (Lipinski definition) is 0. The number of rotatable bonds is 10. The van der Waals surface area contributed by atoms with E-state index in [0.717, 1.165) is 90.2 Å². The number of terminal acetylenes is 1. The number of para-hydroxylation sites is 1. The van der Waals surface area contributed by atoms with Gasteiger partial charge in [-0.05, 0) is 64.4 Å². The van der Waals surface area contributed by atoms with Crippen LogP contribution in [0.4, 0.5) is 5.69 Å². The number of amidine groups is 1. The van der Waals surface area contributed by atoms with Gasteiger partial charge in [-0.1, -0.05) is 219 Å². The molecular formula is C61H48N4. The molecule has 0 saturated heterocycles. The van der Waals surface area contributed by atoms with E-state index in [2.05, 4.69) is 248 Å². The Bertz CT molecular complexity index is 3180. The molecule has 4 nitrogen and oxygen atoms in total. The molecule has 0 N–H and O–H groups in total. The third-order valence-corrected chi connectivity index (χ3v) is 12.0. The summed E-state index contributed by atoms with van der Waals surface area (Å²) in [5, 5.41) is 0. The van der Waals surface area contributed by atoms with Crippen LogP contribution in [0.25, 0.3) is 62.0 Å². The van der Waals surface area contributed by atoms with Crippen LogP contribution < -0.4 is 0 Å². The van der Waals surface area contributed by atoms with E-state index in [9.17, 15) is 0 Å². The van der Waals surface area contributed by atoms with Gasteiger partial charge in [0.2, 0.25) is 0 Å². The SMILES string of the molecule is C#C.C=C(c1ccc(-c2ccc(C3=Nc4ccccc4CN3/C(=C(\C)c3ccccc3)c3ccccc3)cc2)cc1)n1c(-c2ccccc2C)nc(-c2ccccc2)c1-c1ccccc1. The summed E-state index contributed by atoms with van der Waals surface area (Å²) in [4.78, 5) is 13.2. The van der Waals surface area contributed by atoms with Gasteiger partial charge < -0.3 is 4.90 Å². The van der Waals surface area contributed by atoms with Crippen molar-refractivity contribution in [3.63, 3.8) is 0 Å². The van der Waals surface area contributed by atoms with E-state index in [4.69, 9.17) is 16.6 Å². The molecule has 0 radical (unpaired) electrons. The van der Waals surface area contributed by atoms with Crippen LogP contribution in [-0.4, -0.2) is 20.3 Å². The van der Waals surface area contributed by atoms with Gasteiger partial charge in [0.15, 0.2) is 0 Å². The number of aryl methyl sites for hydroxylation is 1. The first-order valence-corrected chi connectivity index (χ1v) is 21.8. The number of fused-ring (bicyclic) bond motifs is 1. The van der Waals surface area contributed by atoms with Crippen LogP contribution in [0, 0.1) is 19.8 Å². The van der Waals surface area contributed by atoms with E-state index in [0.29, 0.717) is 6.54 Å². The lowest BCUT2D eigenvalue weighted by Crippen LogP contribution is -2.32. The van der Waals surface area contributed by atoms with Crippen molar-refractivity contribution in [2.75, 3.05) is 0 Å². The molecule has 0 saturated carbocycles. The smallest absolute Gasteiger partial charge is 0.146 e. The van der Waals surface area contributed by atoms with Crippen LogP contribution in [0.3, 0.4) is 0 Å². The van der Waals surface area contributed by atoms with Crippen molar-refractivity contribution in [2.24, 2.45) is 4.99 Å². The van der Waals surface area contributed by atoms with Crippen LogP contribution in [-0.2, 0) is 6.54 Å². The van der Waals surface area contributed by atoms with Crippen LogP contribution >= 0.6 is 0 Å². The molecule has 4 heteroatoms. The lowest BCUT2D eigenvalue weighted by Gasteiger charge is -2.34. The maximum Gasteiger partial charge on any atom is 0.146 e. The van der Waals surface area contributed by atoms with E-state index in [1.54, 1.807) is 0 Å². The summed E-state index contributed by atoms with van der Waals surface area (Å²) >= 11 is 0. The zero-order valence-electron chi connectivity index (χ0n) is 36.6. The Hall–Kier alpha value is -8.52. The van der Waals surface area contributed by atoms with Crippen molar-refractivity contribution in [2.45, 2.75) is 20.4 Å². The van der Waals surface area contributed by atoms with Crippen molar-refractivity contribution < 1.29 is 0 Å². The van der Waals surface area contributed by atoms with Gasteiger partial charge in [-0.2, -0.15) is 0 Å². The maximum atomic E-state index is 5.40. The number of hydrogen-bond acceptors (Lipinski definition) is 3. The molecule has 0 aliphatic carbocycles. The first-order valence-electron chi connectivity index (χ1n) is 21.8. The molecule has 312 valence electrons. The number of allylic oxidation sites excluding steroid dienone is 1. The second-order valence-electron chi connectivity index (χ2n) is 16.0. The Morgan fingerprint density at radius 1 is 0.508 bits per heavy atom. The Kier molecular flexibility index (Phi) is 12.1. The molecule has 9 aromatic rings. The zero-order chi connectivity index (χ0) is 44.7. The van der Waals surface area contributed by atoms with E-state index in [1.165, 1.54) is 16.7 Å². The Morgan fingerprint density at radius 3 is 1.65 bits per heavy atom. The number of aromatic nitrogens is 2. The molecule has 0 spiro atoms. The van der Waals surface area contributed by atoms with Gasteiger partial charge in [0.1, 0.15) is 11.7 Å². The summed E-state index contributed by atoms with van der Waals surface area (Å²) in [5.41, 5.74) is 18.3. The molecule has 0 bridgehead atoms. The molecule has 2 heterocycles. The predicted molar refractivity (Wildman–Crippen MR) is 273 cm³/mol. The molecular weight excluding hydrogens is 789 g/mol. The van der Waals surface area contributed by atoms with Gasteiger partial charge >= 0.3 is 0 Å². The molecule has 1 aliphatic heterocycles. The van der Waals surface area contributed by atoms with Crippen LogP contribution in [0.1, 0.15) is 40.3 Å².